The highest BCUT2D eigenvalue weighted by molar-refractivity contribution is 6.30. The van der Waals surface area contributed by atoms with Gasteiger partial charge in [-0.15, -0.1) is 0 Å². The predicted molar refractivity (Wildman–Crippen MR) is 103 cm³/mol. The van der Waals surface area contributed by atoms with Crippen LogP contribution < -0.4 is 5.56 Å². The van der Waals surface area contributed by atoms with E-state index >= 15 is 0 Å². The van der Waals surface area contributed by atoms with E-state index in [1.54, 1.807) is 17.7 Å². The number of fused-ring (bicyclic) bond motifs is 3. The van der Waals surface area contributed by atoms with Crippen molar-refractivity contribution in [2.24, 2.45) is 12.0 Å². The normalized spacial score (nSPS) is 15.8. The topological polar surface area (TPSA) is 34.4 Å². The van der Waals surface area contributed by atoms with Crippen molar-refractivity contribution in [3.05, 3.63) is 92.9 Å². The zero-order valence-corrected chi connectivity index (χ0v) is 14.8. The van der Waals surface area contributed by atoms with Crippen LogP contribution in [0.3, 0.4) is 0 Å². The number of rotatable bonds is 1. The molecule has 0 N–H and O–H groups in total. The van der Waals surface area contributed by atoms with Crippen LogP contribution in [0, 0.1) is 0 Å². The lowest BCUT2D eigenvalue weighted by Gasteiger charge is -2.13. The number of pyridine rings is 1. The molecule has 1 atom stereocenters. The van der Waals surface area contributed by atoms with Gasteiger partial charge in [0.15, 0.2) is 0 Å². The summed E-state index contributed by atoms with van der Waals surface area (Å²) >= 11 is 6.04. The van der Waals surface area contributed by atoms with Crippen molar-refractivity contribution < 1.29 is 0 Å². The Morgan fingerprint density at radius 2 is 1.68 bits per heavy atom. The third-order valence-electron chi connectivity index (χ3n) is 4.62. The molecule has 2 aromatic carbocycles. The van der Waals surface area contributed by atoms with Crippen LogP contribution in [0.4, 0.5) is 0 Å². The van der Waals surface area contributed by atoms with Crippen molar-refractivity contribution in [2.45, 2.75) is 13.0 Å². The molecule has 1 aromatic heterocycles. The number of aromatic nitrogens is 1. The van der Waals surface area contributed by atoms with Crippen LogP contribution in [0.5, 0.6) is 0 Å². The first-order valence-electron chi connectivity index (χ1n) is 8.18. The van der Waals surface area contributed by atoms with E-state index in [4.69, 9.17) is 16.6 Å². The molecule has 0 amide bonds. The molecule has 0 saturated heterocycles. The fourth-order valence-corrected chi connectivity index (χ4v) is 3.44. The molecule has 1 aliphatic heterocycles. The Hall–Kier alpha value is -2.65. The fraction of sp³-hybridized carbons (Fsp3) is 0.143. The van der Waals surface area contributed by atoms with E-state index in [2.05, 4.69) is 12.1 Å². The van der Waals surface area contributed by atoms with E-state index in [9.17, 15) is 4.79 Å². The van der Waals surface area contributed by atoms with Crippen LogP contribution >= 0.6 is 11.6 Å². The summed E-state index contributed by atoms with van der Waals surface area (Å²) in [7, 11) is 1.78. The van der Waals surface area contributed by atoms with Gasteiger partial charge in [-0.05, 0) is 30.2 Å². The molecule has 0 saturated carbocycles. The standard InChI is InChI=1S/C21H17ClN2O/c1-13-18-11-20(25)24(2)12-19(18)16-5-3-4-6-17(16)21(23-13)14-7-9-15(22)10-8-14/h3-13H,1-2H3/t13-/m0/s1. The quantitative estimate of drug-likeness (QED) is 0.632. The van der Waals surface area contributed by atoms with Crippen molar-refractivity contribution in [1.29, 1.82) is 0 Å². The molecule has 4 heteroatoms. The second kappa shape index (κ2) is 6.01. The van der Waals surface area contributed by atoms with E-state index in [1.165, 1.54) is 0 Å². The van der Waals surface area contributed by atoms with Crippen LogP contribution in [-0.4, -0.2) is 10.3 Å². The number of aryl methyl sites for hydroxylation is 1. The molecule has 0 spiro atoms. The second-order valence-corrected chi connectivity index (χ2v) is 6.73. The first-order valence-corrected chi connectivity index (χ1v) is 8.56. The van der Waals surface area contributed by atoms with Crippen LogP contribution in [0.2, 0.25) is 5.02 Å². The van der Waals surface area contributed by atoms with Crippen molar-refractivity contribution in [1.82, 2.24) is 4.57 Å². The number of hydrogen-bond acceptors (Lipinski definition) is 2. The number of hydrogen-bond donors (Lipinski definition) is 0. The highest BCUT2D eigenvalue weighted by atomic mass is 35.5. The zero-order valence-electron chi connectivity index (χ0n) is 14.0. The largest absolute Gasteiger partial charge is 0.318 e. The lowest BCUT2D eigenvalue weighted by Crippen LogP contribution is -2.17. The van der Waals surface area contributed by atoms with E-state index in [0.717, 1.165) is 33.5 Å². The number of aliphatic imine (C=N–C) groups is 1. The first-order chi connectivity index (χ1) is 12.0. The molecule has 3 nitrogen and oxygen atoms in total. The Kier molecular flexibility index (Phi) is 3.81. The van der Waals surface area contributed by atoms with Gasteiger partial charge in [-0.25, -0.2) is 0 Å². The van der Waals surface area contributed by atoms with Gasteiger partial charge < -0.3 is 4.57 Å². The smallest absolute Gasteiger partial charge is 0.250 e. The summed E-state index contributed by atoms with van der Waals surface area (Å²) in [6.45, 7) is 2.03. The molecule has 2 heterocycles. The Balaban J connectivity index is 2.03. The summed E-state index contributed by atoms with van der Waals surface area (Å²) in [6, 6.07) is 17.5. The lowest BCUT2D eigenvalue weighted by molar-refractivity contribution is 0.796. The van der Waals surface area contributed by atoms with Gasteiger partial charge in [0.2, 0.25) is 0 Å². The van der Waals surface area contributed by atoms with Crippen molar-refractivity contribution in [3.8, 4) is 11.1 Å². The number of nitrogens with zero attached hydrogens (tertiary/aromatic N) is 2. The van der Waals surface area contributed by atoms with Gasteiger partial charge >= 0.3 is 0 Å². The minimum atomic E-state index is -0.109. The van der Waals surface area contributed by atoms with Gasteiger partial charge in [0.05, 0.1) is 11.8 Å². The average molecular weight is 349 g/mol. The van der Waals surface area contributed by atoms with Crippen molar-refractivity contribution in [2.75, 3.05) is 0 Å². The van der Waals surface area contributed by atoms with Gasteiger partial charge in [0, 0.05) is 41.0 Å². The molecule has 0 unspecified atom stereocenters. The first kappa shape index (κ1) is 15.9. The van der Waals surface area contributed by atoms with Crippen molar-refractivity contribution in [3.63, 3.8) is 0 Å². The molecule has 0 radical (unpaired) electrons. The van der Waals surface area contributed by atoms with Crippen molar-refractivity contribution >= 4 is 17.3 Å². The monoisotopic (exact) mass is 348 g/mol. The Bertz CT molecular complexity index is 1050. The number of benzene rings is 2. The van der Waals surface area contributed by atoms with Crippen LogP contribution in [0.1, 0.15) is 29.7 Å². The number of halogens is 1. The molecule has 0 fully saturated rings. The molecule has 124 valence electrons. The summed E-state index contributed by atoms with van der Waals surface area (Å²) in [6.07, 6.45) is 1.91. The van der Waals surface area contributed by atoms with Gasteiger partial charge in [-0.3, -0.25) is 9.79 Å². The predicted octanol–water partition coefficient (Wildman–Crippen LogP) is 4.62. The van der Waals surface area contributed by atoms with Gasteiger partial charge in [-0.1, -0.05) is 48.0 Å². The average Bonchev–Trinajstić information content (AvgIpc) is 2.73. The van der Waals surface area contributed by atoms with E-state index in [-0.39, 0.29) is 11.6 Å². The SMILES string of the molecule is C[C@@H]1N=C(c2ccc(Cl)cc2)c2ccccc2-c2cn(C)c(=O)cc21. The molecule has 3 aromatic rings. The highest BCUT2D eigenvalue weighted by Crippen LogP contribution is 2.36. The zero-order chi connectivity index (χ0) is 17.6. The Morgan fingerprint density at radius 1 is 1.00 bits per heavy atom. The molecule has 4 rings (SSSR count). The van der Waals surface area contributed by atoms with Crippen LogP contribution in [-0.2, 0) is 7.05 Å². The summed E-state index contributed by atoms with van der Waals surface area (Å²) in [4.78, 5) is 17.1. The molecule has 0 bridgehead atoms. The highest BCUT2D eigenvalue weighted by Gasteiger charge is 2.23. The molecular formula is C21H17ClN2O. The maximum Gasteiger partial charge on any atom is 0.250 e. The third-order valence-corrected chi connectivity index (χ3v) is 4.88. The van der Waals surface area contributed by atoms with Gasteiger partial charge in [0.25, 0.3) is 5.56 Å². The Morgan fingerprint density at radius 3 is 2.40 bits per heavy atom. The van der Waals surface area contributed by atoms with E-state index < -0.39 is 0 Å². The second-order valence-electron chi connectivity index (χ2n) is 6.30. The summed E-state index contributed by atoms with van der Waals surface area (Å²) in [5, 5.41) is 0.700. The van der Waals surface area contributed by atoms with Gasteiger partial charge in [-0.2, -0.15) is 0 Å². The minimum absolute atomic E-state index is 0.0202. The molecule has 1 aliphatic rings. The van der Waals surface area contributed by atoms with E-state index in [0.29, 0.717) is 5.02 Å². The summed E-state index contributed by atoms with van der Waals surface area (Å²) in [5.74, 6) is 0. The maximum atomic E-state index is 12.1. The summed E-state index contributed by atoms with van der Waals surface area (Å²) in [5.41, 5.74) is 6.08. The molecule has 0 aliphatic carbocycles. The maximum absolute atomic E-state index is 12.1. The summed E-state index contributed by atoms with van der Waals surface area (Å²) < 4.78 is 1.62. The van der Waals surface area contributed by atoms with Crippen LogP contribution in [0.15, 0.2) is 70.6 Å². The van der Waals surface area contributed by atoms with Crippen LogP contribution in [0.25, 0.3) is 11.1 Å². The van der Waals surface area contributed by atoms with E-state index in [1.807, 2.05) is 49.5 Å². The lowest BCUT2D eigenvalue weighted by atomic mass is 9.92. The molecular weight excluding hydrogens is 332 g/mol. The third kappa shape index (κ3) is 2.71. The fourth-order valence-electron chi connectivity index (χ4n) is 3.31. The molecule has 25 heavy (non-hydrogen) atoms. The van der Waals surface area contributed by atoms with Gasteiger partial charge in [0.1, 0.15) is 0 Å². The minimum Gasteiger partial charge on any atom is -0.318 e. The Labute approximate surface area is 151 Å².